The number of phenolic OH excluding ortho intramolecular Hbond substituents is 2. The van der Waals surface area contributed by atoms with Crippen LogP contribution in [0.15, 0.2) is 70.0 Å². The highest BCUT2D eigenvalue weighted by molar-refractivity contribution is 5.85. The molecule has 24 heavy (non-hydrogen) atoms. The van der Waals surface area contributed by atoms with Crippen molar-refractivity contribution >= 4 is 12.4 Å². The zero-order chi connectivity index (χ0) is 17.4. The van der Waals surface area contributed by atoms with Gasteiger partial charge in [0.25, 0.3) is 0 Å². The zero-order valence-electron chi connectivity index (χ0n) is 12.5. The van der Waals surface area contributed by atoms with Crippen molar-refractivity contribution in [1.29, 1.82) is 5.26 Å². The minimum atomic E-state index is -0.215. The largest absolute Gasteiger partial charge is 0.507 e. The maximum absolute atomic E-state index is 9.67. The molecule has 2 aromatic rings. The summed E-state index contributed by atoms with van der Waals surface area (Å²) in [6.45, 7) is 7.15. The van der Waals surface area contributed by atoms with Gasteiger partial charge in [-0.25, -0.2) is 0 Å². The number of nitrogens with zero attached hydrogens (tertiary/aromatic N) is 4. The van der Waals surface area contributed by atoms with E-state index in [4.69, 9.17) is 6.57 Å². The Kier molecular flexibility index (Phi) is 5.44. The van der Waals surface area contributed by atoms with E-state index in [1.165, 1.54) is 24.6 Å². The van der Waals surface area contributed by atoms with E-state index in [2.05, 4.69) is 14.8 Å². The number of rotatable bonds is 4. The molecule has 2 rings (SSSR count). The third-order valence-corrected chi connectivity index (χ3v) is 2.96. The van der Waals surface area contributed by atoms with Gasteiger partial charge in [-0.2, -0.15) is 5.26 Å². The first-order chi connectivity index (χ1) is 11.7. The molecule has 0 unspecified atom stereocenters. The molecular weight excluding hydrogens is 304 g/mol. The highest BCUT2D eigenvalue weighted by Crippen LogP contribution is 2.16. The number of allylic oxidation sites excluding steroid dienone is 1. The number of benzene rings is 2. The van der Waals surface area contributed by atoms with Crippen molar-refractivity contribution in [3.8, 4) is 17.6 Å². The molecule has 6 heteroatoms. The number of para-hydroxylation sites is 2. The number of phenols is 2. The predicted octanol–water partition coefficient (Wildman–Crippen LogP) is 3.25. The normalized spacial score (nSPS) is 11.9. The Morgan fingerprint density at radius 1 is 0.958 bits per heavy atom. The highest BCUT2D eigenvalue weighted by Gasteiger charge is 2.06. The van der Waals surface area contributed by atoms with Gasteiger partial charge in [-0.1, -0.05) is 30.8 Å². The van der Waals surface area contributed by atoms with Crippen LogP contribution in [0, 0.1) is 17.9 Å². The van der Waals surface area contributed by atoms with Gasteiger partial charge >= 0.3 is 5.82 Å². The third kappa shape index (κ3) is 4.06. The second-order valence-corrected chi connectivity index (χ2v) is 4.53. The van der Waals surface area contributed by atoms with E-state index in [1.807, 2.05) is 0 Å². The van der Waals surface area contributed by atoms with Crippen LogP contribution in [0.1, 0.15) is 11.1 Å². The highest BCUT2D eigenvalue weighted by atomic mass is 16.3. The molecule has 0 bridgehead atoms. The van der Waals surface area contributed by atoms with Crippen LogP contribution in [0.2, 0.25) is 0 Å². The van der Waals surface area contributed by atoms with Gasteiger partial charge in [0.15, 0.2) is 5.70 Å². The first-order valence-corrected chi connectivity index (χ1v) is 6.81. The van der Waals surface area contributed by atoms with Crippen LogP contribution >= 0.6 is 0 Å². The van der Waals surface area contributed by atoms with E-state index in [9.17, 15) is 15.5 Å². The van der Waals surface area contributed by atoms with Crippen LogP contribution in [0.4, 0.5) is 0 Å². The lowest BCUT2D eigenvalue weighted by atomic mass is 10.2. The van der Waals surface area contributed by atoms with Gasteiger partial charge in [0.1, 0.15) is 23.8 Å². The fraction of sp³-hybridized carbons (Fsp3) is 0. The summed E-state index contributed by atoms with van der Waals surface area (Å²) in [6.07, 6.45) is 2.57. The lowest BCUT2D eigenvalue weighted by Gasteiger charge is -1.97. The second-order valence-electron chi connectivity index (χ2n) is 4.53. The minimum absolute atomic E-state index is 0.0145. The molecule has 0 saturated carbocycles. The maximum atomic E-state index is 9.67. The molecular formula is C18H12N4O2. The lowest BCUT2D eigenvalue weighted by Crippen LogP contribution is -1.87. The van der Waals surface area contributed by atoms with Crippen LogP contribution < -0.4 is 0 Å². The molecule has 2 aromatic carbocycles. The van der Waals surface area contributed by atoms with Crippen molar-refractivity contribution in [1.82, 2.24) is 0 Å². The Morgan fingerprint density at radius 3 is 1.92 bits per heavy atom. The van der Waals surface area contributed by atoms with E-state index in [0.29, 0.717) is 11.1 Å². The topological polar surface area (TPSA) is 93.3 Å². The fourth-order valence-corrected chi connectivity index (χ4v) is 1.74. The molecule has 0 aliphatic heterocycles. The molecule has 0 aromatic heterocycles. The van der Waals surface area contributed by atoms with Crippen molar-refractivity contribution in [3.63, 3.8) is 0 Å². The van der Waals surface area contributed by atoms with Gasteiger partial charge in [0, 0.05) is 11.8 Å². The number of aromatic hydroxyl groups is 2. The standard InChI is InChI=1S/C18H12N4O2/c1-20-18(22-12-14-7-3-5-9-17(14)24)15(10-19)21-11-13-6-2-4-8-16(13)23/h2-9,11-12,23-24H/b18-15-,21-11?,22-12+. The van der Waals surface area contributed by atoms with Crippen molar-refractivity contribution < 1.29 is 10.2 Å². The summed E-state index contributed by atoms with van der Waals surface area (Å²) >= 11 is 0. The zero-order valence-corrected chi connectivity index (χ0v) is 12.5. The molecule has 0 atom stereocenters. The Balaban J connectivity index is 2.34. The molecule has 0 amide bonds. The van der Waals surface area contributed by atoms with Crippen molar-refractivity contribution in [3.05, 3.63) is 82.6 Å². The Morgan fingerprint density at radius 2 is 1.46 bits per heavy atom. The van der Waals surface area contributed by atoms with Crippen LogP contribution in [-0.4, -0.2) is 22.6 Å². The molecule has 2 N–H and O–H groups in total. The fourth-order valence-electron chi connectivity index (χ4n) is 1.74. The van der Waals surface area contributed by atoms with Crippen LogP contribution in [0.3, 0.4) is 0 Å². The van der Waals surface area contributed by atoms with Crippen LogP contribution in [0.5, 0.6) is 11.5 Å². The summed E-state index contributed by atoms with van der Waals surface area (Å²) in [5, 5.41) is 28.5. The van der Waals surface area contributed by atoms with Crippen LogP contribution in [-0.2, 0) is 0 Å². The average Bonchev–Trinajstić information content (AvgIpc) is 2.60. The quantitative estimate of drug-likeness (QED) is 0.515. The van der Waals surface area contributed by atoms with Gasteiger partial charge in [0.2, 0.25) is 0 Å². The number of nitriles is 1. The monoisotopic (exact) mass is 316 g/mol. The van der Waals surface area contributed by atoms with E-state index in [1.54, 1.807) is 42.5 Å². The summed E-state index contributed by atoms with van der Waals surface area (Å²) in [6, 6.07) is 14.8. The molecule has 116 valence electrons. The van der Waals surface area contributed by atoms with Crippen LogP contribution in [0.25, 0.3) is 4.85 Å². The summed E-state index contributed by atoms with van der Waals surface area (Å²) < 4.78 is 0. The summed E-state index contributed by atoms with van der Waals surface area (Å²) in [7, 11) is 0. The van der Waals surface area contributed by atoms with E-state index in [-0.39, 0.29) is 23.0 Å². The molecule has 6 nitrogen and oxygen atoms in total. The lowest BCUT2D eigenvalue weighted by molar-refractivity contribution is 0.474. The van der Waals surface area contributed by atoms with Crippen molar-refractivity contribution in [2.75, 3.05) is 0 Å². The Labute approximate surface area is 138 Å². The first kappa shape index (κ1) is 16.5. The van der Waals surface area contributed by atoms with Gasteiger partial charge in [-0.15, -0.1) is 4.99 Å². The smallest absolute Gasteiger partial charge is 0.306 e. The summed E-state index contributed by atoms with van der Waals surface area (Å²) in [5.74, 6) is -0.185. The summed E-state index contributed by atoms with van der Waals surface area (Å²) in [5.41, 5.74) is 0.639. The second kappa shape index (κ2) is 7.92. The van der Waals surface area contributed by atoms with Crippen molar-refractivity contribution in [2.24, 2.45) is 9.98 Å². The number of hydrogen-bond donors (Lipinski definition) is 2. The Hall–Kier alpha value is -3.90. The van der Waals surface area contributed by atoms with E-state index < -0.39 is 0 Å². The predicted molar refractivity (Wildman–Crippen MR) is 90.6 cm³/mol. The average molecular weight is 316 g/mol. The summed E-state index contributed by atoms with van der Waals surface area (Å²) in [4.78, 5) is 11.0. The van der Waals surface area contributed by atoms with Gasteiger partial charge in [-0.3, -0.25) is 4.99 Å². The molecule has 0 spiro atoms. The maximum Gasteiger partial charge on any atom is 0.306 e. The van der Waals surface area contributed by atoms with Gasteiger partial charge in [-0.05, 0) is 24.3 Å². The van der Waals surface area contributed by atoms with Crippen molar-refractivity contribution in [2.45, 2.75) is 0 Å². The molecule has 0 fully saturated rings. The minimum Gasteiger partial charge on any atom is -0.507 e. The first-order valence-electron chi connectivity index (χ1n) is 6.81. The van der Waals surface area contributed by atoms with E-state index >= 15 is 0 Å². The van der Waals surface area contributed by atoms with E-state index in [0.717, 1.165) is 0 Å². The van der Waals surface area contributed by atoms with Gasteiger partial charge in [0.05, 0.1) is 5.56 Å². The molecule has 0 aliphatic carbocycles. The third-order valence-electron chi connectivity index (χ3n) is 2.96. The number of hydrogen-bond acceptors (Lipinski definition) is 5. The number of aliphatic imine (C=N–C) groups is 2. The molecule has 0 aliphatic rings. The van der Waals surface area contributed by atoms with Gasteiger partial charge < -0.3 is 15.1 Å². The SMILES string of the molecule is [C-]#[N+]C(/N=C/c1ccccc1O)=C(\C#N)N=Cc1ccccc1O. The molecule has 0 saturated heterocycles. The molecule has 0 heterocycles. The molecule has 0 radical (unpaired) electrons. The Bertz CT molecular complexity index is 840.